The molecule has 1 heterocycles. The van der Waals surface area contributed by atoms with Crippen LogP contribution in [0.5, 0.6) is 0 Å². The summed E-state index contributed by atoms with van der Waals surface area (Å²) >= 11 is 3.16. The van der Waals surface area contributed by atoms with Crippen molar-refractivity contribution in [1.29, 1.82) is 0 Å². The first-order chi connectivity index (χ1) is 9.47. The van der Waals surface area contributed by atoms with Crippen LogP contribution in [0.15, 0.2) is 20.0 Å². The second kappa shape index (κ2) is 7.84. The van der Waals surface area contributed by atoms with Gasteiger partial charge in [0.15, 0.2) is 4.67 Å². The van der Waals surface area contributed by atoms with Crippen LogP contribution in [0.4, 0.5) is 0 Å². The third-order valence-corrected chi connectivity index (χ3v) is 5.32. The van der Waals surface area contributed by atoms with Gasteiger partial charge in [0.1, 0.15) is 10.7 Å². The zero-order valence-electron chi connectivity index (χ0n) is 11.6. The van der Waals surface area contributed by atoms with Gasteiger partial charge in [-0.1, -0.05) is 19.8 Å². The van der Waals surface area contributed by atoms with Crippen LogP contribution in [0.3, 0.4) is 0 Å². The largest absolute Gasteiger partial charge is 0.452 e. The Kier molecular flexibility index (Phi) is 6.76. The second-order valence-electron chi connectivity index (χ2n) is 4.17. The Balaban J connectivity index is 3.07. The summed E-state index contributed by atoms with van der Waals surface area (Å²) in [6.45, 7) is 5.56. The number of nitrogens with zero attached hydrogens (tertiary/aromatic N) is 1. The molecule has 1 N–H and O–H groups in total. The maximum atomic E-state index is 12.5. The lowest BCUT2D eigenvalue weighted by atomic mass is 10.4. The highest BCUT2D eigenvalue weighted by molar-refractivity contribution is 9.10. The van der Waals surface area contributed by atoms with Crippen LogP contribution < -0.4 is 5.32 Å². The van der Waals surface area contributed by atoms with E-state index in [9.17, 15) is 8.42 Å². The molecule has 0 unspecified atom stereocenters. The molecule has 7 heteroatoms. The molecule has 1 aromatic heterocycles. The summed E-state index contributed by atoms with van der Waals surface area (Å²) in [4.78, 5) is 0.120. The number of halogens is 1. The number of terminal acetylenes is 1. The summed E-state index contributed by atoms with van der Waals surface area (Å²) in [6, 6.07) is 1.53. The molecule has 0 aliphatic rings. The monoisotopic (exact) mass is 362 g/mol. The first-order valence-electron chi connectivity index (χ1n) is 6.39. The van der Waals surface area contributed by atoms with Crippen LogP contribution in [0.2, 0.25) is 0 Å². The van der Waals surface area contributed by atoms with Crippen molar-refractivity contribution < 1.29 is 12.8 Å². The van der Waals surface area contributed by atoms with Gasteiger partial charge < -0.3 is 9.73 Å². The number of rotatable bonds is 8. The van der Waals surface area contributed by atoms with Crippen molar-refractivity contribution in [2.45, 2.75) is 31.7 Å². The Morgan fingerprint density at radius 3 is 2.75 bits per heavy atom. The van der Waals surface area contributed by atoms with Crippen molar-refractivity contribution in [3.8, 4) is 12.3 Å². The van der Waals surface area contributed by atoms with E-state index in [1.54, 1.807) is 0 Å². The quantitative estimate of drug-likeness (QED) is 0.720. The molecule has 0 radical (unpaired) electrons. The normalized spacial score (nSPS) is 11.8. The highest BCUT2D eigenvalue weighted by Gasteiger charge is 2.28. The first-order valence-corrected chi connectivity index (χ1v) is 8.63. The number of hydrogen-bond donors (Lipinski definition) is 1. The fourth-order valence-corrected chi connectivity index (χ4v) is 4.09. The molecule has 112 valence electrons. The molecule has 0 amide bonds. The summed E-state index contributed by atoms with van der Waals surface area (Å²) in [5, 5.41) is 3.08. The van der Waals surface area contributed by atoms with E-state index in [4.69, 9.17) is 10.8 Å². The van der Waals surface area contributed by atoms with Crippen molar-refractivity contribution in [2.75, 3.05) is 19.6 Å². The molecule has 0 aliphatic heterocycles. The van der Waals surface area contributed by atoms with Gasteiger partial charge in [0.2, 0.25) is 10.0 Å². The Labute approximate surface area is 128 Å². The van der Waals surface area contributed by atoms with E-state index in [-0.39, 0.29) is 16.1 Å². The maximum absolute atomic E-state index is 12.5. The minimum absolute atomic E-state index is 0.0519. The summed E-state index contributed by atoms with van der Waals surface area (Å²) < 4.78 is 32.0. The third-order valence-electron chi connectivity index (χ3n) is 2.61. The van der Waals surface area contributed by atoms with Gasteiger partial charge in [-0.05, 0) is 28.9 Å². The molecule has 0 spiro atoms. The number of sulfonamides is 1. The van der Waals surface area contributed by atoms with E-state index in [0.29, 0.717) is 25.3 Å². The van der Waals surface area contributed by atoms with Crippen molar-refractivity contribution in [2.24, 2.45) is 0 Å². The minimum atomic E-state index is -3.64. The van der Waals surface area contributed by atoms with Gasteiger partial charge in [-0.2, -0.15) is 4.31 Å². The highest BCUT2D eigenvalue weighted by Crippen LogP contribution is 2.28. The Hall–Kier alpha value is -0.810. The topological polar surface area (TPSA) is 62.6 Å². The summed E-state index contributed by atoms with van der Waals surface area (Å²) in [6.07, 6.45) is 5.94. The smallest absolute Gasteiger partial charge is 0.248 e. The SMILES string of the molecule is C#CCN(CCC)S(=O)(=O)c1cc(CNCC)oc1Br. The fourth-order valence-electron chi connectivity index (χ4n) is 1.68. The fraction of sp³-hybridized carbons (Fsp3) is 0.538. The second-order valence-corrected chi connectivity index (χ2v) is 6.80. The molecule has 1 rings (SSSR count). The first kappa shape index (κ1) is 17.2. The van der Waals surface area contributed by atoms with Gasteiger partial charge in [-0.25, -0.2) is 8.42 Å². The molecule has 20 heavy (non-hydrogen) atoms. The van der Waals surface area contributed by atoms with Gasteiger partial charge in [0.25, 0.3) is 0 Å². The lowest BCUT2D eigenvalue weighted by Crippen LogP contribution is -2.32. The zero-order chi connectivity index (χ0) is 15.2. The van der Waals surface area contributed by atoms with Crippen LogP contribution in [-0.4, -0.2) is 32.4 Å². The molecular formula is C13H19BrN2O3S. The zero-order valence-corrected chi connectivity index (χ0v) is 14.1. The van der Waals surface area contributed by atoms with E-state index in [1.165, 1.54) is 10.4 Å². The van der Waals surface area contributed by atoms with E-state index in [1.807, 2.05) is 13.8 Å². The molecule has 0 atom stereocenters. The van der Waals surface area contributed by atoms with Gasteiger partial charge in [0, 0.05) is 12.6 Å². The van der Waals surface area contributed by atoms with E-state index in [0.717, 1.165) is 6.54 Å². The minimum Gasteiger partial charge on any atom is -0.452 e. The molecule has 0 fully saturated rings. The molecular weight excluding hydrogens is 344 g/mol. The average molecular weight is 363 g/mol. The van der Waals surface area contributed by atoms with Crippen molar-refractivity contribution in [3.63, 3.8) is 0 Å². The predicted molar refractivity (Wildman–Crippen MR) is 81.7 cm³/mol. The Bertz CT molecular complexity index is 575. The van der Waals surface area contributed by atoms with Crippen LogP contribution >= 0.6 is 15.9 Å². The summed E-state index contributed by atoms with van der Waals surface area (Å²) in [7, 11) is -3.64. The van der Waals surface area contributed by atoms with Gasteiger partial charge in [-0.15, -0.1) is 6.42 Å². The highest BCUT2D eigenvalue weighted by atomic mass is 79.9. The van der Waals surface area contributed by atoms with Crippen molar-refractivity contribution >= 4 is 26.0 Å². The summed E-state index contributed by atoms with van der Waals surface area (Å²) in [5.41, 5.74) is 0. The lowest BCUT2D eigenvalue weighted by Gasteiger charge is -2.18. The van der Waals surface area contributed by atoms with Crippen LogP contribution in [0.25, 0.3) is 0 Å². The maximum Gasteiger partial charge on any atom is 0.248 e. The number of hydrogen-bond acceptors (Lipinski definition) is 4. The summed E-state index contributed by atoms with van der Waals surface area (Å²) in [5.74, 6) is 2.94. The van der Waals surface area contributed by atoms with Gasteiger partial charge in [-0.3, -0.25) is 0 Å². The predicted octanol–water partition coefficient (Wildman–Crippen LogP) is 2.19. The molecule has 5 nitrogen and oxygen atoms in total. The van der Waals surface area contributed by atoms with E-state index in [2.05, 4.69) is 27.2 Å². The lowest BCUT2D eigenvalue weighted by molar-refractivity contribution is 0.439. The van der Waals surface area contributed by atoms with Crippen LogP contribution in [0.1, 0.15) is 26.0 Å². The molecule has 0 saturated carbocycles. The standard InChI is InChI=1S/C13H19BrN2O3S/c1-4-7-16(8-5-2)20(17,18)12-9-11(10-15-6-3)19-13(12)14/h1,9,15H,5-8,10H2,2-3H3. The van der Waals surface area contributed by atoms with Crippen LogP contribution in [-0.2, 0) is 16.6 Å². The third kappa shape index (κ3) is 4.09. The Morgan fingerprint density at radius 2 is 2.20 bits per heavy atom. The molecule has 1 aromatic rings. The van der Waals surface area contributed by atoms with E-state index >= 15 is 0 Å². The van der Waals surface area contributed by atoms with Gasteiger partial charge >= 0.3 is 0 Å². The molecule has 0 bridgehead atoms. The van der Waals surface area contributed by atoms with Crippen LogP contribution in [0, 0.1) is 12.3 Å². The number of furan rings is 1. The van der Waals surface area contributed by atoms with E-state index < -0.39 is 10.0 Å². The Morgan fingerprint density at radius 1 is 1.50 bits per heavy atom. The average Bonchev–Trinajstić information content (AvgIpc) is 2.78. The van der Waals surface area contributed by atoms with Crippen molar-refractivity contribution in [1.82, 2.24) is 9.62 Å². The molecule has 0 aromatic carbocycles. The number of nitrogens with one attached hydrogen (secondary N) is 1. The van der Waals surface area contributed by atoms with Crippen molar-refractivity contribution in [3.05, 3.63) is 16.5 Å². The molecule has 0 aliphatic carbocycles. The van der Waals surface area contributed by atoms with Gasteiger partial charge in [0.05, 0.1) is 13.1 Å². The molecule has 0 saturated heterocycles.